The SMILES string of the molecule is Cc1ccc(C)c(-n2nnnc2SCc2nnc(-c3ccccc3)o2)c1. The molecule has 0 aliphatic heterocycles. The summed E-state index contributed by atoms with van der Waals surface area (Å²) in [6.07, 6.45) is 0. The highest BCUT2D eigenvalue weighted by molar-refractivity contribution is 7.98. The van der Waals surface area contributed by atoms with E-state index < -0.39 is 0 Å². The molecule has 0 unspecified atom stereocenters. The van der Waals surface area contributed by atoms with E-state index in [0.29, 0.717) is 22.7 Å². The van der Waals surface area contributed by atoms with Gasteiger partial charge in [-0.3, -0.25) is 0 Å². The molecule has 0 fully saturated rings. The Balaban J connectivity index is 1.52. The van der Waals surface area contributed by atoms with Crippen LogP contribution < -0.4 is 0 Å². The van der Waals surface area contributed by atoms with Gasteiger partial charge >= 0.3 is 0 Å². The molecule has 0 saturated carbocycles. The zero-order valence-electron chi connectivity index (χ0n) is 14.3. The van der Waals surface area contributed by atoms with Crippen molar-refractivity contribution in [1.82, 2.24) is 30.4 Å². The molecule has 130 valence electrons. The Morgan fingerprint density at radius 2 is 1.85 bits per heavy atom. The van der Waals surface area contributed by atoms with Crippen molar-refractivity contribution in [2.24, 2.45) is 0 Å². The molecule has 0 aliphatic rings. The Hall–Kier alpha value is -3.00. The summed E-state index contributed by atoms with van der Waals surface area (Å²) in [4.78, 5) is 0. The summed E-state index contributed by atoms with van der Waals surface area (Å²) >= 11 is 1.46. The van der Waals surface area contributed by atoms with Gasteiger partial charge in [-0.05, 0) is 53.6 Å². The average Bonchev–Trinajstić information content (AvgIpc) is 3.32. The predicted octanol–water partition coefficient (Wildman–Crippen LogP) is 3.62. The van der Waals surface area contributed by atoms with E-state index in [1.165, 1.54) is 11.8 Å². The van der Waals surface area contributed by atoms with Crippen molar-refractivity contribution in [1.29, 1.82) is 0 Å². The molecule has 4 aromatic rings. The second kappa shape index (κ2) is 7.09. The van der Waals surface area contributed by atoms with Crippen LogP contribution in [-0.2, 0) is 5.75 Å². The molecule has 0 bridgehead atoms. The fourth-order valence-electron chi connectivity index (χ4n) is 2.50. The van der Waals surface area contributed by atoms with Crippen LogP contribution in [0.15, 0.2) is 58.1 Å². The number of nitrogens with zero attached hydrogens (tertiary/aromatic N) is 6. The first kappa shape index (κ1) is 16.5. The van der Waals surface area contributed by atoms with E-state index >= 15 is 0 Å². The Labute approximate surface area is 154 Å². The van der Waals surface area contributed by atoms with Crippen LogP contribution in [-0.4, -0.2) is 30.4 Å². The topological polar surface area (TPSA) is 82.5 Å². The van der Waals surface area contributed by atoms with Gasteiger partial charge in [0.2, 0.25) is 16.9 Å². The molecule has 0 spiro atoms. The lowest BCUT2D eigenvalue weighted by Gasteiger charge is -2.07. The third-order valence-corrected chi connectivity index (χ3v) is 4.75. The van der Waals surface area contributed by atoms with Crippen molar-refractivity contribution in [2.75, 3.05) is 0 Å². The Bertz CT molecular complexity index is 1030. The van der Waals surface area contributed by atoms with Crippen LogP contribution in [0.5, 0.6) is 0 Å². The summed E-state index contributed by atoms with van der Waals surface area (Å²) in [5.41, 5.74) is 4.12. The Kier molecular flexibility index (Phi) is 4.49. The summed E-state index contributed by atoms with van der Waals surface area (Å²) in [5, 5.41) is 20.9. The van der Waals surface area contributed by atoms with E-state index in [2.05, 4.69) is 43.9 Å². The molecule has 4 rings (SSSR count). The van der Waals surface area contributed by atoms with Gasteiger partial charge in [0.25, 0.3) is 0 Å². The molecule has 2 aromatic heterocycles. The maximum atomic E-state index is 5.74. The zero-order chi connectivity index (χ0) is 17.9. The summed E-state index contributed by atoms with van der Waals surface area (Å²) in [7, 11) is 0. The molecular formula is C18H16N6OS. The number of hydrogen-bond donors (Lipinski definition) is 0. The van der Waals surface area contributed by atoms with Crippen LogP contribution in [0.3, 0.4) is 0 Å². The van der Waals surface area contributed by atoms with Crippen molar-refractivity contribution >= 4 is 11.8 Å². The van der Waals surface area contributed by atoms with Gasteiger partial charge in [0, 0.05) is 5.56 Å². The lowest BCUT2D eigenvalue weighted by molar-refractivity contribution is 0.528. The van der Waals surface area contributed by atoms with Crippen molar-refractivity contribution in [2.45, 2.75) is 24.8 Å². The summed E-state index contributed by atoms with van der Waals surface area (Å²) < 4.78 is 7.47. The Morgan fingerprint density at radius 1 is 1.00 bits per heavy atom. The smallest absolute Gasteiger partial charge is 0.247 e. The minimum atomic E-state index is 0.491. The standard InChI is InChI=1S/C18H16N6OS/c1-12-8-9-13(2)15(10-12)24-18(21-22-23-24)26-11-16-19-20-17(25-16)14-6-4-3-5-7-14/h3-10H,11H2,1-2H3. The van der Waals surface area contributed by atoms with Crippen LogP contribution in [0.1, 0.15) is 17.0 Å². The molecule has 7 nitrogen and oxygen atoms in total. The van der Waals surface area contributed by atoms with Crippen LogP contribution >= 0.6 is 11.8 Å². The lowest BCUT2D eigenvalue weighted by Crippen LogP contribution is -2.02. The highest BCUT2D eigenvalue weighted by Crippen LogP contribution is 2.25. The van der Waals surface area contributed by atoms with Crippen LogP contribution in [0, 0.1) is 13.8 Å². The summed E-state index contributed by atoms with van der Waals surface area (Å²) in [6, 6.07) is 15.9. The minimum absolute atomic E-state index is 0.491. The van der Waals surface area contributed by atoms with Crippen LogP contribution in [0.4, 0.5) is 0 Å². The number of rotatable bonds is 5. The second-order valence-corrected chi connectivity index (χ2v) is 6.76. The van der Waals surface area contributed by atoms with Gasteiger partial charge in [0.15, 0.2) is 0 Å². The Morgan fingerprint density at radius 3 is 2.69 bits per heavy atom. The number of tetrazole rings is 1. The normalized spacial score (nSPS) is 11.0. The van der Waals surface area contributed by atoms with Gasteiger partial charge in [0.1, 0.15) is 0 Å². The van der Waals surface area contributed by atoms with Gasteiger partial charge in [-0.1, -0.05) is 42.1 Å². The van der Waals surface area contributed by atoms with Crippen molar-refractivity contribution in [3.63, 3.8) is 0 Å². The van der Waals surface area contributed by atoms with Crippen molar-refractivity contribution in [3.05, 3.63) is 65.5 Å². The predicted molar refractivity (Wildman–Crippen MR) is 97.9 cm³/mol. The lowest BCUT2D eigenvalue weighted by atomic mass is 10.1. The maximum Gasteiger partial charge on any atom is 0.247 e. The quantitative estimate of drug-likeness (QED) is 0.500. The van der Waals surface area contributed by atoms with E-state index in [-0.39, 0.29) is 0 Å². The summed E-state index contributed by atoms with van der Waals surface area (Å²) in [6.45, 7) is 4.08. The maximum absolute atomic E-state index is 5.74. The first-order valence-electron chi connectivity index (χ1n) is 8.07. The van der Waals surface area contributed by atoms with E-state index in [1.54, 1.807) is 4.68 Å². The molecule has 0 amide bonds. The van der Waals surface area contributed by atoms with Gasteiger partial charge in [0.05, 0.1) is 11.4 Å². The fraction of sp³-hybridized carbons (Fsp3) is 0.167. The third kappa shape index (κ3) is 3.36. The molecule has 8 heteroatoms. The van der Waals surface area contributed by atoms with E-state index in [0.717, 1.165) is 22.4 Å². The highest BCUT2D eigenvalue weighted by Gasteiger charge is 2.14. The molecule has 26 heavy (non-hydrogen) atoms. The third-order valence-electron chi connectivity index (χ3n) is 3.85. The van der Waals surface area contributed by atoms with E-state index in [1.807, 2.05) is 44.2 Å². The number of aryl methyl sites for hydroxylation is 2. The van der Waals surface area contributed by atoms with E-state index in [4.69, 9.17) is 4.42 Å². The van der Waals surface area contributed by atoms with Gasteiger partial charge in [-0.2, -0.15) is 4.68 Å². The van der Waals surface area contributed by atoms with Gasteiger partial charge in [-0.25, -0.2) is 0 Å². The van der Waals surface area contributed by atoms with Crippen molar-refractivity contribution in [3.8, 4) is 17.1 Å². The largest absolute Gasteiger partial charge is 0.420 e. The van der Waals surface area contributed by atoms with Crippen molar-refractivity contribution < 1.29 is 4.42 Å². The monoisotopic (exact) mass is 364 g/mol. The molecule has 0 atom stereocenters. The fourth-order valence-corrected chi connectivity index (χ4v) is 3.22. The molecule has 0 radical (unpaired) electrons. The first-order valence-corrected chi connectivity index (χ1v) is 9.06. The van der Waals surface area contributed by atoms with Gasteiger partial charge in [-0.15, -0.1) is 15.3 Å². The zero-order valence-corrected chi connectivity index (χ0v) is 15.1. The first-order chi connectivity index (χ1) is 12.7. The molecule has 2 aromatic carbocycles. The van der Waals surface area contributed by atoms with Crippen LogP contribution in [0.25, 0.3) is 17.1 Å². The molecule has 2 heterocycles. The minimum Gasteiger partial charge on any atom is -0.420 e. The number of thioether (sulfide) groups is 1. The highest BCUT2D eigenvalue weighted by atomic mass is 32.2. The molecular weight excluding hydrogens is 348 g/mol. The van der Waals surface area contributed by atoms with Gasteiger partial charge < -0.3 is 4.42 Å². The van der Waals surface area contributed by atoms with Crippen LogP contribution in [0.2, 0.25) is 0 Å². The molecule has 0 saturated heterocycles. The average molecular weight is 364 g/mol. The second-order valence-electron chi connectivity index (χ2n) is 5.82. The molecule has 0 aliphatic carbocycles. The number of hydrogen-bond acceptors (Lipinski definition) is 7. The van der Waals surface area contributed by atoms with E-state index in [9.17, 15) is 0 Å². The number of aromatic nitrogens is 6. The summed E-state index contributed by atoms with van der Waals surface area (Å²) in [5.74, 6) is 1.53. The number of benzene rings is 2. The molecule has 0 N–H and O–H groups in total.